The average Bonchev–Trinajstić information content (AvgIpc) is 2.61. The van der Waals surface area contributed by atoms with Crippen molar-refractivity contribution in [2.45, 2.75) is 5.33 Å². The molecular formula is C10H9BrO2S. The lowest BCUT2D eigenvalue weighted by atomic mass is 10.2. The number of phenols is 1. The van der Waals surface area contributed by atoms with Gasteiger partial charge in [-0.2, -0.15) is 0 Å². The lowest BCUT2D eigenvalue weighted by Gasteiger charge is -1.98. The van der Waals surface area contributed by atoms with Gasteiger partial charge < -0.3 is 9.84 Å². The molecule has 0 spiro atoms. The second-order valence-corrected chi connectivity index (χ2v) is 4.54. The molecule has 2 nitrogen and oxygen atoms in total. The summed E-state index contributed by atoms with van der Waals surface area (Å²) in [5.74, 6) is 0.316. The second-order valence-electron chi connectivity index (χ2n) is 2.93. The van der Waals surface area contributed by atoms with Gasteiger partial charge in [0.05, 0.1) is 7.11 Å². The van der Waals surface area contributed by atoms with E-state index in [1.807, 2.05) is 6.07 Å². The van der Waals surface area contributed by atoms with Gasteiger partial charge >= 0.3 is 0 Å². The van der Waals surface area contributed by atoms with Crippen LogP contribution in [0, 0.1) is 0 Å². The van der Waals surface area contributed by atoms with Gasteiger partial charge in [0.15, 0.2) is 5.06 Å². The van der Waals surface area contributed by atoms with Crippen LogP contribution in [0.15, 0.2) is 18.2 Å². The SMILES string of the molecule is COc1cc2c(O)cc(CBr)cc2s1. The Balaban J connectivity index is 2.67. The lowest BCUT2D eigenvalue weighted by molar-refractivity contribution is 0.427. The van der Waals surface area contributed by atoms with E-state index in [1.54, 1.807) is 13.2 Å². The molecular weight excluding hydrogens is 264 g/mol. The molecule has 14 heavy (non-hydrogen) atoms. The Labute approximate surface area is 94.3 Å². The smallest absolute Gasteiger partial charge is 0.174 e. The van der Waals surface area contributed by atoms with E-state index in [1.165, 1.54) is 11.3 Å². The van der Waals surface area contributed by atoms with E-state index in [4.69, 9.17) is 4.74 Å². The maximum absolute atomic E-state index is 9.72. The van der Waals surface area contributed by atoms with Gasteiger partial charge in [-0.3, -0.25) is 0 Å². The topological polar surface area (TPSA) is 29.5 Å². The standard InChI is InChI=1S/C10H9BrO2S/c1-13-10-4-7-8(12)2-6(5-11)3-9(7)14-10/h2-4,12H,5H2,1H3. The van der Waals surface area contributed by atoms with Gasteiger partial charge in [-0.05, 0) is 17.7 Å². The molecule has 0 amide bonds. The number of thiophene rings is 1. The molecule has 2 rings (SSSR count). The molecule has 2 aromatic rings. The molecule has 1 aromatic heterocycles. The number of halogens is 1. The van der Waals surface area contributed by atoms with Crippen molar-refractivity contribution >= 4 is 37.4 Å². The number of hydrogen-bond acceptors (Lipinski definition) is 3. The van der Waals surface area contributed by atoms with Crippen LogP contribution in [0.4, 0.5) is 0 Å². The van der Waals surface area contributed by atoms with Crippen molar-refractivity contribution in [3.8, 4) is 10.8 Å². The molecule has 0 bridgehead atoms. The Hall–Kier alpha value is -0.740. The Bertz CT molecular complexity index is 464. The van der Waals surface area contributed by atoms with E-state index >= 15 is 0 Å². The molecule has 0 radical (unpaired) electrons. The highest BCUT2D eigenvalue weighted by Gasteiger charge is 2.07. The molecule has 0 atom stereocenters. The Morgan fingerprint density at radius 2 is 2.21 bits per heavy atom. The highest BCUT2D eigenvalue weighted by molar-refractivity contribution is 9.08. The minimum Gasteiger partial charge on any atom is -0.507 e. The summed E-state index contributed by atoms with van der Waals surface area (Å²) < 4.78 is 6.18. The van der Waals surface area contributed by atoms with Crippen molar-refractivity contribution < 1.29 is 9.84 Å². The van der Waals surface area contributed by atoms with Crippen molar-refractivity contribution in [2.24, 2.45) is 0 Å². The van der Waals surface area contributed by atoms with Crippen molar-refractivity contribution in [2.75, 3.05) is 7.11 Å². The number of rotatable bonds is 2. The van der Waals surface area contributed by atoms with E-state index < -0.39 is 0 Å². The van der Waals surface area contributed by atoms with Crippen LogP contribution in [-0.2, 0) is 5.33 Å². The Morgan fingerprint density at radius 3 is 2.86 bits per heavy atom. The number of phenolic OH excluding ortho intramolecular Hbond substituents is 1. The minimum atomic E-state index is 0.316. The zero-order chi connectivity index (χ0) is 10.1. The van der Waals surface area contributed by atoms with Crippen LogP contribution in [0.3, 0.4) is 0 Å². The van der Waals surface area contributed by atoms with Crippen molar-refractivity contribution in [3.63, 3.8) is 0 Å². The zero-order valence-electron chi connectivity index (χ0n) is 7.58. The van der Waals surface area contributed by atoms with Crippen LogP contribution in [0.25, 0.3) is 10.1 Å². The molecule has 0 aliphatic rings. The monoisotopic (exact) mass is 272 g/mol. The number of alkyl halides is 1. The van der Waals surface area contributed by atoms with Crippen LogP contribution >= 0.6 is 27.3 Å². The fourth-order valence-corrected chi connectivity index (χ4v) is 2.61. The predicted molar refractivity (Wildman–Crippen MR) is 62.7 cm³/mol. The van der Waals surface area contributed by atoms with Gasteiger partial charge in [-0.1, -0.05) is 27.3 Å². The summed E-state index contributed by atoms with van der Waals surface area (Å²) >= 11 is 4.90. The third-order valence-corrected chi connectivity index (χ3v) is 3.70. The van der Waals surface area contributed by atoms with Gasteiger partial charge in [0.25, 0.3) is 0 Å². The third kappa shape index (κ3) is 1.60. The number of fused-ring (bicyclic) bond motifs is 1. The van der Waals surface area contributed by atoms with E-state index in [0.717, 1.165) is 26.0 Å². The number of aromatic hydroxyl groups is 1. The number of ether oxygens (including phenoxy) is 1. The highest BCUT2D eigenvalue weighted by Crippen LogP contribution is 2.37. The molecule has 0 fully saturated rings. The molecule has 0 aliphatic carbocycles. The summed E-state index contributed by atoms with van der Waals surface area (Å²) in [4.78, 5) is 0. The van der Waals surface area contributed by atoms with Crippen molar-refractivity contribution in [1.29, 1.82) is 0 Å². The van der Waals surface area contributed by atoms with Crippen LogP contribution in [0.2, 0.25) is 0 Å². The normalized spacial score (nSPS) is 10.7. The highest BCUT2D eigenvalue weighted by atomic mass is 79.9. The molecule has 74 valence electrons. The molecule has 4 heteroatoms. The summed E-state index contributed by atoms with van der Waals surface area (Å²) in [6, 6.07) is 5.67. The van der Waals surface area contributed by atoms with E-state index in [-0.39, 0.29) is 0 Å². The molecule has 0 saturated heterocycles. The molecule has 1 aromatic carbocycles. The van der Waals surface area contributed by atoms with E-state index in [9.17, 15) is 5.11 Å². The Morgan fingerprint density at radius 1 is 1.43 bits per heavy atom. The fourth-order valence-electron chi connectivity index (χ4n) is 1.33. The first-order chi connectivity index (χ1) is 6.74. The molecule has 0 saturated carbocycles. The minimum absolute atomic E-state index is 0.316. The van der Waals surface area contributed by atoms with E-state index in [0.29, 0.717) is 5.75 Å². The van der Waals surface area contributed by atoms with Crippen LogP contribution in [0.1, 0.15) is 5.56 Å². The summed E-state index contributed by atoms with van der Waals surface area (Å²) in [5, 5.41) is 12.1. The summed E-state index contributed by atoms with van der Waals surface area (Å²) in [7, 11) is 1.63. The van der Waals surface area contributed by atoms with Crippen LogP contribution < -0.4 is 4.74 Å². The first-order valence-corrected chi connectivity index (χ1v) is 6.04. The van der Waals surface area contributed by atoms with Gasteiger partial charge in [0.1, 0.15) is 5.75 Å². The molecule has 1 heterocycles. The van der Waals surface area contributed by atoms with Gasteiger partial charge in [0, 0.05) is 21.5 Å². The van der Waals surface area contributed by atoms with Crippen LogP contribution in [0.5, 0.6) is 10.8 Å². The summed E-state index contributed by atoms with van der Waals surface area (Å²) in [6.07, 6.45) is 0. The zero-order valence-corrected chi connectivity index (χ0v) is 9.98. The van der Waals surface area contributed by atoms with Crippen molar-refractivity contribution in [3.05, 3.63) is 23.8 Å². The van der Waals surface area contributed by atoms with Gasteiger partial charge in [-0.15, -0.1) is 0 Å². The van der Waals surface area contributed by atoms with Gasteiger partial charge in [0.2, 0.25) is 0 Å². The number of hydrogen-bond donors (Lipinski definition) is 1. The predicted octanol–water partition coefficient (Wildman–Crippen LogP) is 3.51. The summed E-state index contributed by atoms with van der Waals surface area (Å²) in [6.45, 7) is 0. The van der Waals surface area contributed by atoms with Crippen LogP contribution in [-0.4, -0.2) is 12.2 Å². The quantitative estimate of drug-likeness (QED) is 0.848. The largest absolute Gasteiger partial charge is 0.507 e. The average molecular weight is 273 g/mol. The first kappa shape index (κ1) is 9.80. The maximum atomic E-state index is 9.72. The number of methoxy groups -OCH3 is 1. The lowest BCUT2D eigenvalue weighted by Crippen LogP contribution is -1.76. The summed E-state index contributed by atoms with van der Waals surface area (Å²) in [5.41, 5.74) is 1.07. The fraction of sp³-hybridized carbons (Fsp3) is 0.200. The molecule has 1 N–H and O–H groups in total. The van der Waals surface area contributed by atoms with Gasteiger partial charge in [-0.25, -0.2) is 0 Å². The van der Waals surface area contributed by atoms with E-state index in [2.05, 4.69) is 22.0 Å². The molecule has 0 unspecified atom stereocenters. The molecule has 0 aliphatic heterocycles. The Kier molecular flexibility index (Phi) is 2.65. The number of benzene rings is 1. The maximum Gasteiger partial charge on any atom is 0.174 e. The third-order valence-electron chi connectivity index (χ3n) is 2.01. The first-order valence-electron chi connectivity index (χ1n) is 4.10. The second kappa shape index (κ2) is 3.79. The van der Waals surface area contributed by atoms with Crippen molar-refractivity contribution in [1.82, 2.24) is 0 Å².